The van der Waals surface area contributed by atoms with Crippen molar-refractivity contribution >= 4 is 23.5 Å². The lowest BCUT2D eigenvalue weighted by Gasteiger charge is -2.19. The van der Waals surface area contributed by atoms with Gasteiger partial charge in [-0.3, -0.25) is 9.59 Å². The fourth-order valence-electron chi connectivity index (χ4n) is 2.63. The van der Waals surface area contributed by atoms with Crippen LogP contribution in [-0.2, 0) is 14.3 Å². The summed E-state index contributed by atoms with van der Waals surface area (Å²) in [6.45, 7) is 0. The Bertz CT molecular complexity index is 717. The quantitative estimate of drug-likeness (QED) is 0.771. The molecule has 142 valence electrons. The lowest BCUT2D eigenvalue weighted by molar-refractivity contribution is -0.150. The predicted molar refractivity (Wildman–Crippen MR) is 91.7 cm³/mol. The lowest BCUT2D eigenvalue weighted by atomic mass is 10.1. The lowest BCUT2D eigenvalue weighted by Crippen LogP contribution is -2.31. The molecule has 2 atom stereocenters. The largest absolute Gasteiger partial charge is 0.493 e. The van der Waals surface area contributed by atoms with Crippen LogP contribution in [0.4, 0.5) is 5.69 Å². The second kappa shape index (κ2) is 8.05. The number of carbonyl (C=O) groups is 3. The standard InChI is InChI=1S/C17H22N2O7/c1-19(2)16(21)9-7-13(24-3)14(25-4)8-10(9)18-15(20)11-5-6-12(26-11)17(22)23/h7-8,11-12H,5-6H2,1-4H3,(H,18,20)(H,22,23)/t11-,12+/m0/s1. The van der Waals surface area contributed by atoms with Gasteiger partial charge in [0.15, 0.2) is 17.6 Å². The molecule has 1 aliphatic rings. The molecule has 0 saturated carbocycles. The zero-order chi connectivity index (χ0) is 19.4. The van der Waals surface area contributed by atoms with E-state index in [2.05, 4.69) is 5.32 Å². The van der Waals surface area contributed by atoms with E-state index in [-0.39, 0.29) is 30.0 Å². The first-order chi connectivity index (χ1) is 12.3. The molecule has 0 spiro atoms. The highest BCUT2D eigenvalue weighted by Crippen LogP contribution is 2.34. The molecule has 2 N–H and O–H groups in total. The molecule has 0 radical (unpaired) electrons. The Balaban J connectivity index is 2.30. The van der Waals surface area contributed by atoms with Gasteiger partial charge in [-0.05, 0) is 18.9 Å². The molecule has 2 amide bonds. The highest BCUT2D eigenvalue weighted by atomic mass is 16.5. The van der Waals surface area contributed by atoms with Gasteiger partial charge in [-0.1, -0.05) is 0 Å². The maximum atomic E-state index is 12.5. The van der Waals surface area contributed by atoms with Crippen LogP contribution < -0.4 is 14.8 Å². The molecule has 26 heavy (non-hydrogen) atoms. The molecule has 0 aromatic heterocycles. The first-order valence-corrected chi connectivity index (χ1v) is 7.95. The first kappa shape index (κ1) is 19.5. The summed E-state index contributed by atoms with van der Waals surface area (Å²) in [6.07, 6.45) is -1.36. The summed E-state index contributed by atoms with van der Waals surface area (Å²) < 4.78 is 15.7. The van der Waals surface area contributed by atoms with E-state index in [0.29, 0.717) is 11.5 Å². The van der Waals surface area contributed by atoms with Crippen molar-refractivity contribution in [1.29, 1.82) is 0 Å². The van der Waals surface area contributed by atoms with Gasteiger partial charge in [0.2, 0.25) is 0 Å². The minimum atomic E-state index is -1.10. The van der Waals surface area contributed by atoms with Gasteiger partial charge < -0.3 is 29.5 Å². The van der Waals surface area contributed by atoms with Gasteiger partial charge in [0.1, 0.15) is 6.10 Å². The van der Waals surface area contributed by atoms with Crippen LogP contribution in [-0.4, -0.2) is 68.3 Å². The number of carboxylic acids is 1. The molecule has 1 aromatic rings. The number of rotatable bonds is 6. The Morgan fingerprint density at radius 2 is 1.69 bits per heavy atom. The maximum absolute atomic E-state index is 12.5. The fourth-order valence-corrected chi connectivity index (χ4v) is 2.63. The molecule has 9 nitrogen and oxygen atoms in total. The summed E-state index contributed by atoms with van der Waals surface area (Å²) in [5.41, 5.74) is 0.447. The Morgan fingerprint density at radius 1 is 1.12 bits per heavy atom. The van der Waals surface area contributed by atoms with E-state index in [1.54, 1.807) is 14.1 Å². The molecule has 0 unspecified atom stereocenters. The van der Waals surface area contributed by atoms with Crippen LogP contribution in [0.15, 0.2) is 12.1 Å². The molecular weight excluding hydrogens is 344 g/mol. The van der Waals surface area contributed by atoms with E-state index in [9.17, 15) is 14.4 Å². The van der Waals surface area contributed by atoms with Crippen LogP contribution in [0.2, 0.25) is 0 Å². The van der Waals surface area contributed by atoms with E-state index in [1.807, 2.05) is 0 Å². The Labute approximate surface area is 150 Å². The van der Waals surface area contributed by atoms with Crippen molar-refractivity contribution in [3.63, 3.8) is 0 Å². The number of methoxy groups -OCH3 is 2. The van der Waals surface area contributed by atoms with E-state index in [4.69, 9.17) is 19.3 Å². The Morgan fingerprint density at radius 3 is 2.19 bits per heavy atom. The number of aliphatic carboxylic acids is 1. The SMILES string of the molecule is COc1cc(NC(=O)[C@@H]2CC[C@H](C(=O)O)O2)c(C(=O)N(C)C)cc1OC. The number of anilines is 1. The fraction of sp³-hybridized carbons (Fsp3) is 0.471. The van der Waals surface area contributed by atoms with E-state index < -0.39 is 24.1 Å². The zero-order valence-electron chi connectivity index (χ0n) is 15.1. The average Bonchev–Trinajstić information content (AvgIpc) is 3.11. The van der Waals surface area contributed by atoms with Crippen LogP contribution in [0.3, 0.4) is 0 Å². The molecule has 9 heteroatoms. The van der Waals surface area contributed by atoms with Gasteiger partial charge in [-0.15, -0.1) is 0 Å². The van der Waals surface area contributed by atoms with Crippen LogP contribution in [0.25, 0.3) is 0 Å². The van der Waals surface area contributed by atoms with Gasteiger partial charge in [0.05, 0.1) is 25.5 Å². The van der Waals surface area contributed by atoms with Gasteiger partial charge in [-0.2, -0.15) is 0 Å². The summed E-state index contributed by atoms with van der Waals surface area (Å²) in [6, 6.07) is 2.96. The molecule has 1 saturated heterocycles. The van der Waals surface area contributed by atoms with Crippen LogP contribution in [0.1, 0.15) is 23.2 Å². The van der Waals surface area contributed by atoms with Gasteiger partial charge in [-0.25, -0.2) is 4.79 Å². The molecular formula is C17H22N2O7. The number of amides is 2. The highest BCUT2D eigenvalue weighted by Gasteiger charge is 2.35. The number of hydrogen-bond donors (Lipinski definition) is 2. The predicted octanol–water partition coefficient (Wildman–Crippen LogP) is 0.976. The van der Waals surface area contributed by atoms with Gasteiger partial charge in [0.25, 0.3) is 11.8 Å². The number of nitrogens with zero attached hydrogens (tertiary/aromatic N) is 1. The van der Waals surface area contributed by atoms with Crippen molar-refractivity contribution in [3.8, 4) is 11.5 Å². The molecule has 2 rings (SSSR count). The monoisotopic (exact) mass is 366 g/mol. The van der Waals surface area contributed by atoms with Crippen LogP contribution in [0, 0.1) is 0 Å². The number of carboxylic acid groups (broad SMARTS) is 1. The average molecular weight is 366 g/mol. The molecule has 0 bridgehead atoms. The van der Waals surface area contributed by atoms with Crippen molar-refractivity contribution < 1.29 is 33.7 Å². The smallest absolute Gasteiger partial charge is 0.332 e. The van der Waals surface area contributed by atoms with Crippen LogP contribution >= 0.6 is 0 Å². The zero-order valence-corrected chi connectivity index (χ0v) is 15.1. The van der Waals surface area contributed by atoms with Crippen molar-refractivity contribution in [3.05, 3.63) is 17.7 Å². The first-order valence-electron chi connectivity index (χ1n) is 7.95. The summed E-state index contributed by atoms with van der Waals surface area (Å²) in [7, 11) is 6.05. The normalized spacial score (nSPS) is 18.9. The minimum Gasteiger partial charge on any atom is -0.493 e. The summed E-state index contributed by atoms with van der Waals surface area (Å²) >= 11 is 0. The van der Waals surface area contributed by atoms with E-state index in [0.717, 1.165) is 0 Å². The third kappa shape index (κ3) is 4.05. The number of nitrogens with one attached hydrogen (secondary N) is 1. The Kier molecular flexibility index (Phi) is 6.04. The van der Waals surface area contributed by atoms with Crippen molar-refractivity contribution in [2.75, 3.05) is 33.6 Å². The van der Waals surface area contributed by atoms with E-state index >= 15 is 0 Å². The maximum Gasteiger partial charge on any atom is 0.332 e. The summed E-state index contributed by atoms with van der Waals surface area (Å²) in [4.78, 5) is 37.2. The summed E-state index contributed by atoms with van der Waals surface area (Å²) in [5.74, 6) is -1.27. The molecule has 1 fully saturated rings. The van der Waals surface area contributed by atoms with Crippen molar-refractivity contribution in [1.82, 2.24) is 4.90 Å². The number of hydrogen-bond acceptors (Lipinski definition) is 6. The second-order valence-corrected chi connectivity index (χ2v) is 5.97. The molecule has 1 heterocycles. The highest BCUT2D eigenvalue weighted by molar-refractivity contribution is 6.05. The molecule has 1 aliphatic heterocycles. The minimum absolute atomic E-state index is 0.216. The number of ether oxygens (including phenoxy) is 3. The third-order valence-electron chi connectivity index (χ3n) is 4.01. The molecule has 0 aliphatic carbocycles. The second-order valence-electron chi connectivity index (χ2n) is 5.97. The number of benzene rings is 1. The van der Waals surface area contributed by atoms with Gasteiger partial charge in [0, 0.05) is 20.2 Å². The van der Waals surface area contributed by atoms with Crippen molar-refractivity contribution in [2.45, 2.75) is 25.0 Å². The van der Waals surface area contributed by atoms with Crippen molar-refractivity contribution in [2.24, 2.45) is 0 Å². The van der Waals surface area contributed by atoms with Gasteiger partial charge >= 0.3 is 5.97 Å². The topological polar surface area (TPSA) is 114 Å². The third-order valence-corrected chi connectivity index (χ3v) is 4.01. The Hall–Kier alpha value is -2.81. The number of carbonyl (C=O) groups excluding carboxylic acids is 2. The van der Waals surface area contributed by atoms with E-state index in [1.165, 1.54) is 31.3 Å². The van der Waals surface area contributed by atoms with Crippen LogP contribution in [0.5, 0.6) is 11.5 Å². The summed E-state index contributed by atoms with van der Waals surface area (Å²) in [5, 5.41) is 11.6. The molecule has 1 aromatic carbocycles.